The molecule has 0 saturated heterocycles. The lowest BCUT2D eigenvalue weighted by Gasteiger charge is -2.15. The highest BCUT2D eigenvalue weighted by molar-refractivity contribution is 5.83. The van der Waals surface area contributed by atoms with Crippen LogP contribution in [0.5, 0.6) is 0 Å². The average molecular weight is 264 g/mol. The number of carboxylic acid groups (broad SMARTS) is 1. The van der Waals surface area contributed by atoms with Crippen LogP contribution in [-0.2, 0) is 9.59 Å². The van der Waals surface area contributed by atoms with Crippen molar-refractivity contribution in [1.29, 1.82) is 0 Å². The van der Waals surface area contributed by atoms with Crippen molar-refractivity contribution in [1.82, 2.24) is 5.32 Å². The second-order valence-corrected chi connectivity index (χ2v) is 4.64. The van der Waals surface area contributed by atoms with E-state index >= 15 is 0 Å². The predicted octanol–water partition coefficient (Wildman–Crippen LogP) is 1.74. The smallest absolute Gasteiger partial charge is 0.326 e. The van der Waals surface area contributed by atoms with Gasteiger partial charge in [-0.1, -0.05) is 26.0 Å². The van der Waals surface area contributed by atoms with Crippen LogP contribution >= 0.6 is 0 Å². The molecule has 0 aliphatic carbocycles. The molecule has 0 bridgehead atoms. The Kier molecular flexibility index (Phi) is 5.36. The van der Waals surface area contributed by atoms with Crippen molar-refractivity contribution in [3.63, 3.8) is 0 Å². The summed E-state index contributed by atoms with van der Waals surface area (Å²) < 4.78 is 0. The number of benzene rings is 1. The highest BCUT2D eigenvalue weighted by Gasteiger charge is 2.19. The Labute approximate surface area is 112 Å². The summed E-state index contributed by atoms with van der Waals surface area (Å²) in [5.74, 6) is -1.23. The van der Waals surface area contributed by atoms with Gasteiger partial charge in [0.1, 0.15) is 6.04 Å². The van der Waals surface area contributed by atoms with Gasteiger partial charge in [-0.15, -0.1) is 0 Å². The van der Waals surface area contributed by atoms with Crippen LogP contribution in [0.25, 0.3) is 0 Å². The van der Waals surface area contributed by atoms with Gasteiger partial charge in [-0.2, -0.15) is 0 Å². The van der Waals surface area contributed by atoms with Crippen LogP contribution in [0, 0.1) is 0 Å². The lowest BCUT2D eigenvalue weighted by Crippen LogP contribution is -2.40. The highest BCUT2D eigenvalue weighted by Crippen LogP contribution is 2.20. The molecule has 5 nitrogen and oxygen atoms in total. The van der Waals surface area contributed by atoms with E-state index in [2.05, 4.69) is 5.32 Å². The summed E-state index contributed by atoms with van der Waals surface area (Å²) in [5, 5.41) is 11.4. The molecule has 5 heteroatoms. The zero-order valence-electron chi connectivity index (χ0n) is 11.2. The number of carbonyl (C=O) groups excluding carboxylic acids is 1. The van der Waals surface area contributed by atoms with Gasteiger partial charge in [-0.3, -0.25) is 4.79 Å². The standard InChI is InChI=1S/C14H20N2O3/c1-3-12(14(18)19)16-13(17)8-9(2)10-4-6-11(15)7-5-10/h4-7,9,12H,3,8,15H2,1-2H3,(H,16,17)(H,18,19)/t9?,12-/m1/s1. The maximum absolute atomic E-state index is 11.8. The van der Waals surface area contributed by atoms with Gasteiger partial charge in [0.15, 0.2) is 0 Å². The van der Waals surface area contributed by atoms with Crippen LogP contribution in [0.3, 0.4) is 0 Å². The number of nitrogen functional groups attached to an aromatic ring is 1. The fourth-order valence-electron chi connectivity index (χ4n) is 1.81. The lowest BCUT2D eigenvalue weighted by atomic mass is 9.97. The minimum Gasteiger partial charge on any atom is -0.480 e. The van der Waals surface area contributed by atoms with E-state index in [9.17, 15) is 9.59 Å². The summed E-state index contributed by atoms with van der Waals surface area (Å²) in [6.07, 6.45) is 0.630. The van der Waals surface area contributed by atoms with Crippen molar-refractivity contribution >= 4 is 17.6 Å². The topological polar surface area (TPSA) is 92.4 Å². The SMILES string of the molecule is CC[C@@H](NC(=O)CC(C)c1ccc(N)cc1)C(=O)O. The molecule has 0 aliphatic heterocycles. The predicted molar refractivity (Wildman–Crippen MR) is 73.7 cm³/mol. The number of aliphatic carboxylic acids is 1. The number of carbonyl (C=O) groups is 2. The normalized spacial score (nSPS) is 13.6. The number of rotatable bonds is 6. The van der Waals surface area contributed by atoms with Crippen molar-refractivity contribution in [2.45, 2.75) is 38.6 Å². The number of hydrogen-bond donors (Lipinski definition) is 3. The number of nitrogens with one attached hydrogen (secondary N) is 1. The second kappa shape index (κ2) is 6.78. The third kappa shape index (κ3) is 4.62. The van der Waals surface area contributed by atoms with Crippen molar-refractivity contribution in [2.75, 3.05) is 5.73 Å². The molecule has 0 heterocycles. The quantitative estimate of drug-likeness (QED) is 0.682. The molecule has 1 rings (SSSR count). The molecule has 1 unspecified atom stereocenters. The first-order valence-corrected chi connectivity index (χ1v) is 6.31. The third-order valence-corrected chi connectivity index (χ3v) is 3.04. The summed E-state index contributed by atoms with van der Waals surface area (Å²) in [6, 6.07) is 6.51. The Balaban J connectivity index is 2.56. The van der Waals surface area contributed by atoms with Gasteiger partial charge >= 0.3 is 5.97 Å². The molecule has 0 aliphatic rings. The van der Waals surface area contributed by atoms with Crippen LogP contribution in [-0.4, -0.2) is 23.0 Å². The van der Waals surface area contributed by atoms with E-state index < -0.39 is 12.0 Å². The van der Waals surface area contributed by atoms with Crippen LogP contribution < -0.4 is 11.1 Å². The molecule has 0 spiro atoms. The first-order chi connectivity index (χ1) is 8.93. The minimum atomic E-state index is -1.00. The maximum Gasteiger partial charge on any atom is 0.326 e. The van der Waals surface area contributed by atoms with Crippen LogP contribution in [0.1, 0.15) is 38.2 Å². The van der Waals surface area contributed by atoms with E-state index in [1.807, 2.05) is 19.1 Å². The summed E-state index contributed by atoms with van der Waals surface area (Å²) in [7, 11) is 0. The zero-order chi connectivity index (χ0) is 14.4. The number of nitrogens with two attached hydrogens (primary N) is 1. The Morgan fingerprint density at radius 2 is 1.89 bits per heavy atom. The first kappa shape index (κ1) is 15.0. The van der Waals surface area contributed by atoms with Gasteiger partial charge in [0.05, 0.1) is 0 Å². The van der Waals surface area contributed by atoms with Crippen molar-refractivity contribution in [3.05, 3.63) is 29.8 Å². The first-order valence-electron chi connectivity index (χ1n) is 6.31. The largest absolute Gasteiger partial charge is 0.480 e. The fraction of sp³-hybridized carbons (Fsp3) is 0.429. The molecular weight excluding hydrogens is 244 g/mol. The second-order valence-electron chi connectivity index (χ2n) is 4.64. The van der Waals surface area contributed by atoms with E-state index in [1.165, 1.54) is 0 Å². The van der Waals surface area contributed by atoms with Gasteiger partial charge in [0, 0.05) is 12.1 Å². The molecule has 0 aromatic heterocycles. The molecule has 1 amide bonds. The Morgan fingerprint density at radius 3 is 2.37 bits per heavy atom. The third-order valence-electron chi connectivity index (χ3n) is 3.04. The molecule has 104 valence electrons. The van der Waals surface area contributed by atoms with Gasteiger partial charge in [0.2, 0.25) is 5.91 Å². The van der Waals surface area contributed by atoms with E-state index in [1.54, 1.807) is 19.1 Å². The van der Waals surface area contributed by atoms with Gasteiger partial charge in [-0.25, -0.2) is 4.79 Å². The van der Waals surface area contributed by atoms with E-state index in [4.69, 9.17) is 10.8 Å². The zero-order valence-corrected chi connectivity index (χ0v) is 11.2. The lowest BCUT2D eigenvalue weighted by molar-refractivity contribution is -0.141. The molecule has 0 radical (unpaired) electrons. The highest BCUT2D eigenvalue weighted by atomic mass is 16.4. The average Bonchev–Trinajstić information content (AvgIpc) is 2.36. The van der Waals surface area contributed by atoms with Crippen LogP contribution in [0.15, 0.2) is 24.3 Å². The van der Waals surface area contributed by atoms with Crippen molar-refractivity contribution < 1.29 is 14.7 Å². The molecule has 4 N–H and O–H groups in total. The summed E-state index contributed by atoms with van der Waals surface area (Å²) in [4.78, 5) is 22.6. The summed E-state index contributed by atoms with van der Waals surface area (Å²) in [6.45, 7) is 3.65. The monoisotopic (exact) mass is 264 g/mol. The number of amides is 1. The van der Waals surface area contributed by atoms with E-state index in [-0.39, 0.29) is 18.2 Å². The van der Waals surface area contributed by atoms with E-state index in [0.29, 0.717) is 12.1 Å². The number of hydrogen-bond acceptors (Lipinski definition) is 3. The number of carboxylic acids is 1. The molecule has 1 aromatic carbocycles. The summed E-state index contributed by atoms with van der Waals surface area (Å²) in [5.41, 5.74) is 7.29. The summed E-state index contributed by atoms with van der Waals surface area (Å²) >= 11 is 0. The minimum absolute atomic E-state index is 0.0203. The Morgan fingerprint density at radius 1 is 1.32 bits per heavy atom. The molecule has 0 fully saturated rings. The molecular formula is C14H20N2O3. The van der Waals surface area contributed by atoms with Gasteiger partial charge in [0.25, 0.3) is 0 Å². The van der Waals surface area contributed by atoms with Crippen LogP contribution in [0.2, 0.25) is 0 Å². The van der Waals surface area contributed by atoms with E-state index in [0.717, 1.165) is 5.56 Å². The molecule has 1 aromatic rings. The van der Waals surface area contributed by atoms with Crippen molar-refractivity contribution in [3.8, 4) is 0 Å². The van der Waals surface area contributed by atoms with Crippen molar-refractivity contribution in [2.24, 2.45) is 0 Å². The molecule has 2 atom stereocenters. The molecule has 0 saturated carbocycles. The number of anilines is 1. The molecule has 19 heavy (non-hydrogen) atoms. The van der Waals surface area contributed by atoms with Gasteiger partial charge in [-0.05, 0) is 30.0 Å². The Hall–Kier alpha value is -2.04. The Bertz CT molecular complexity index is 443. The maximum atomic E-state index is 11.8. The van der Waals surface area contributed by atoms with Crippen LogP contribution in [0.4, 0.5) is 5.69 Å². The fourth-order valence-corrected chi connectivity index (χ4v) is 1.81. The van der Waals surface area contributed by atoms with Gasteiger partial charge < -0.3 is 16.2 Å².